The summed E-state index contributed by atoms with van der Waals surface area (Å²) < 4.78 is 0. The first-order valence-electron chi connectivity index (χ1n) is 7.60. The molecule has 0 spiro atoms. The van der Waals surface area contributed by atoms with E-state index in [0.717, 1.165) is 24.1 Å². The molecule has 3 rings (SSSR count). The largest absolute Gasteiger partial charge is 0.394 e. The normalized spacial score (nSPS) is 15.0. The molecule has 0 aliphatic heterocycles. The quantitative estimate of drug-likeness (QED) is 0.783. The van der Waals surface area contributed by atoms with Crippen molar-refractivity contribution in [3.05, 3.63) is 40.5 Å². The molecule has 6 heteroatoms. The maximum absolute atomic E-state index is 12.7. The number of pyridine rings is 1. The number of aliphatic hydroxyl groups is 2. The lowest BCUT2D eigenvalue weighted by molar-refractivity contribution is 0.0725. The molecule has 1 aromatic heterocycles. The highest BCUT2D eigenvalue weighted by Gasteiger charge is 2.29. The standard InChI is InChI=1S/C17H19ClN2O3/c1-17(8-21,9-22)20-16(23)13-7-15(10-2-3-10)19-14-5-4-11(18)6-12(13)14/h4-7,10,21-22H,2-3,8-9H2,1H3,(H,20,23). The van der Waals surface area contributed by atoms with Crippen molar-refractivity contribution in [2.75, 3.05) is 13.2 Å². The fourth-order valence-electron chi connectivity index (χ4n) is 2.47. The number of hydrogen-bond donors (Lipinski definition) is 3. The van der Waals surface area contributed by atoms with Crippen LogP contribution in [0.25, 0.3) is 10.9 Å². The fourth-order valence-corrected chi connectivity index (χ4v) is 2.64. The van der Waals surface area contributed by atoms with Crippen molar-refractivity contribution in [2.24, 2.45) is 0 Å². The maximum Gasteiger partial charge on any atom is 0.252 e. The van der Waals surface area contributed by atoms with E-state index in [0.29, 0.717) is 21.9 Å². The van der Waals surface area contributed by atoms with Crippen LogP contribution in [0.5, 0.6) is 0 Å². The van der Waals surface area contributed by atoms with Crippen LogP contribution in [-0.4, -0.2) is 39.9 Å². The number of aliphatic hydroxyl groups excluding tert-OH is 2. The van der Waals surface area contributed by atoms with E-state index in [-0.39, 0.29) is 19.1 Å². The van der Waals surface area contributed by atoms with Crippen LogP contribution in [-0.2, 0) is 0 Å². The van der Waals surface area contributed by atoms with Gasteiger partial charge in [-0.3, -0.25) is 9.78 Å². The third kappa shape index (κ3) is 3.32. The Morgan fingerprint density at radius 3 is 2.65 bits per heavy atom. The van der Waals surface area contributed by atoms with Crippen LogP contribution in [0.4, 0.5) is 0 Å². The van der Waals surface area contributed by atoms with Crippen molar-refractivity contribution >= 4 is 28.4 Å². The molecule has 3 N–H and O–H groups in total. The number of nitrogens with zero attached hydrogens (tertiary/aromatic N) is 1. The molecule has 122 valence electrons. The second-order valence-electron chi connectivity index (χ2n) is 6.36. The summed E-state index contributed by atoms with van der Waals surface area (Å²) in [6.45, 7) is 0.881. The number of benzene rings is 1. The Morgan fingerprint density at radius 1 is 1.35 bits per heavy atom. The zero-order chi connectivity index (χ0) is 16.6. The van der Waals surface area contributed by atoms with E-state index in [4.69, 9.17) is 11.6 Å². The Kier molecular flexibility index (Phi) is 4.27. The van der Waals surface area contributed by atoms with E-state index in [1.54, 1.807) is 31.2 Å². The lowest BCUT2D eigenvalue weighted by atomic mass is 10.0. The Hall–Kier alpha value is -1.69. The summed E-state index contributed by atoms with van der Waals surface area (Å²) in [5, 5.41) is 22.7. The Morgan fingerprint density at radius 2 is 2.04 bits per heavy atom. The third-order valence-electron chi connectivity index (χ3n) is 4.14. The summed E-state index contributed by atoms with van der Waals surface area (Å²) in [7, 11) is 0. The number of hydrogen-bond acceptors (Lipinski definition) is 4. The average Bonchev–Trinajstić information content (AvgIpc) is 3.38. The van der Waals surface area contributed by atoms with Crippen LogP contribution in [0.3, 0.4) is 0 Å². The Labute approximate surface area is 139 Å². The minimum atomic E-state index is -1.08. The zero-order valence-electron chi connectivity index (χ0n) is 12.8. The fraction of sp³-hybridized carbons (Fsp3) is 0.412. The number of carbonyl (C=O) groups excluding carboxylic acids is 1. The third-order valence-corrected chi connectivity index (χ3v) is 4.38. The molecule has 5 nitrogen and oxygen atoms in total. The van der Waals surface area contributed by atoms with Gasteiger partial charge in [0.25, 0.3) is 5.91 Å². The SMILES string of the molecule is CC(CO)(CO)NC(=O)c1cc(C2CC2)nc2ccc(Cl)cc12. The van der Waals surface area contributed by atoms with E-state index < -0.39 is 5.54 Å². The van der Waals surface area contributed by atoms with Gasteiger partial charge < -0.3 is 15.5 Å². The summed E-state index contributed by atoms with van der Waals surface area (Å²) in [6, 6.07) is 7.06. The number of aromatic nitrogens is 1. The minimum Gasteiger partial charge on any atom is -0.394 e. The summed E-state index contributed by atoms with van der Waals surface area (Å²) >= 11 is 6.06. The van der Waals surface area contributed by atoms with Crippen LogP contribution in [0, 0.1) is 0 Å². The van der Waals surface area contributed by atoms with E-state index in [1.165, 1.54) is 0 Å². The van der Waals surface area contributed by atoms with Crippen molar-refractivity contribution in [1.82, 2.24) is 10.3 Å². The van der Waals surface area contributed by atoms with E-state index in [2.05, 4.69) is 10.3 Å². The van der Waals surface area contributed by atoms with Crippen LogP contribution in [0.1, 0.15) is 41.7 Å². The second-order valence-corrected chi connectivity index (χ2v) is 6.80. The first-order chi connectivity index (χ1) is 11.0. The lowest BCUT2D eigenvalue weighted by Crippen LogP contribution is -2.51. The molecule has 1 saturated carbocycles. The molecule has 1 amide bonds. The predicted molar refractivity (Wildman–Crippen MR) is 88.8 cm³/mol. The highest BCUT2D eigenvalue weighted by atomic mass is 35.5. The van der Waals surface area contributed by atoms with Crippen LogP contribution in [0.2, 0.25) is 5.02 Å². The number of nitrogens with one attached hydrogen (secondary N) is 1. The number of halogens is 1. The molecule has 1 heterocycles. The van der Waals surface area contributed by atoms with E-state index >= 15 is 0 Å². The number of rotatable bonds is 5. The lowest BCUT2D eigenvalue weighted by Gasteiger charge is -2.26. The average molecular weight is 335 g/mol. The molecule has 0 atom stereocenters. The molecular formula is C17H19ClN2O3. The van der Waals surface area contributed by atoms with Gasteiger partial charge in [-0.2, -0.15) is 0 Å². The van der Waals surface area contributed by atoms with Gasteiger partial charge in [-0.05, 0) is 44.0 Å². The van der Waals surface area contributed by atoms with Gasteiger partial charge in [-0.15, -0.1) is 0 Å². The molecule has 1 aliphatic carbocycles. The highest BCUT2D eigenvalue weighted by Crippen LogP contribution is 2.40. The molecular weight excluding hydrogens is 316 g/mol. The van der Waals surface area contributed by atoms with Crippen molar-refractivity contribution < 1.29 is 15.0 Å². The highest BCUT2D eigenvalue weighted by molar-refractivity contribution is 6.31. The van der Waals surface area contributed by atoms with E-state index in [1.807, 2.05) is 0 Å². The molecule has 0 unspecified atom stereocenters. The molecule has 0 saturated heterocycles. The summed E-state index contributed by atoms with van der Waals surface area (Å²) in [5.74, 6) is 0.0517. The van der Waals surface area contributed by atoms with Gasteiger partial charge in [0.2, 0.25) is 0 Å². The molecule has 1 aliphatic rings. The first kappa shape index (κ1) is 16.2. The van der Waals surface area contributed by atoms with Crippen molar-refractivity contribution in [2.45, 2.75) is 31.2 Å². The molecule has 1 fully saturated rings. The molecule has 1 aromatic carbocycles. The Balaban J connectivity index is 2.07. The number of amides is 1. The van der Waals surface area contributed by atoms with Crippen molar-refractivity contribution in [1.29, 1.82) is 0 Å². The predicted octanol–water partition coefficient (Wildman–Crippen LogP) is 2.24. The molecule has 0 radical (unpaired) electrons. The summed E-state index contributed by atoms with van der Waals surface area (Å²) in [6.07, 6.45) is 2.16. The summed E-state index contributed by atoms with van der Waals surface area (Å²) in [4.78, 5) is 17.3. The number of carbonyl (C=O) groups is 1. The zero-order valence-corrected chi connectivity index (χ0v) is 13.6. The monoisotopic (exact) mass is 334 g/mol. The van der Waals surface area contributed by atoms with Gasteiger partial charge in [0.1, 0.15) is 0 Å². The maximum atomic E-state index is 12.7. The first-order valence-corrected chi connectivity index (χ1v) is 7.98. The van der Waals surface area contributed by atoms with Crippen molar-refractivity contribution in [3.8, 4) is 0 Å². The van der Waals surface area contributed by atoms with Crippen molar-refractivity contribution in [3.63, 3.8) is 0 Å². The molecule has 2 aromatic rings. The Bertz CT molecular complexity index is 755. The van der Waals surface area contributed by atoms with Gasteiger partial charge in [0.15, 0.2) is 0 Å². The second kappa shape index (κ2) is 6.07. The smallest absolute Gasteiger partial charge is 0.252 e. The van der Waals surface area contributed by atoms with Crippen LogP contribution >= 0.6 is 11.6 Å². The van der Waals surface area contributed by atoms with E-state index in [9.17, 15) is 15.0 Å². The minimum absolute atomic E-state index is 0.353. The van der Waals surface area contributed by atoms with Crippen LogP contribution < -0.4 is 5.32 Å². The van der Waals surface area contributed by atoms with Crippen LogP contribution in [0.15, 0.2) is 24.3 Å². The molecule has 0 bridgehead atoms. The van der Waals surface area contributed by atoms with Gasteiger partial charge in [0.05, 0.1) is 29.8 Å². The molecule has 23 heavy (non-hydrogen) atoms. The summed E-state index contributed by atoms with van der Waals surface area (Å²) in [5.41, 5.74) is 1.01. The number of fused-ring (bicyclic) bond motifs is 1. The van der Waals surface area contributed by atoms with Gasteiger partial charge in [-0.1, -0.05) is 11.6 Å². The topological polar surface area (TPSA) is 82.5 Å². The van der Waals surface area contributed by atoms with Gasteiger partial charge in [0, 0.05) is 22.0 Å². The van der Waals surface area contributed by atoms with Gasteiger partial charge in [-0.25, -0.2) is 0 Å². The van der Waals surface area contributed by atoms with Gasteiger partial charge >= 0.3 is 0 Å².